The maximum atomic E-state index is 13.1. The largest absolute Gasteiger partial charge is 0.495 e. The van der Waals surface area contributed by atoms with Gasteiger partial charge in [-0.15, -0.1) is 0 Å². The Hall–Kier alpha value is -3.23. The molecule has 2 atom stereocenters. The van der Waals surface area contributed by atoms with Gasteiger partial charge in [0.25, 0.3) is 10.0 Å². The van der Waals surface area contributed by atoms with Crippen molar-refractivity contribution in [2.45, 2.75) is 30.8 Å². The van der Waals surface area contributed by atoms with Crippen LogP contribution in [-0.4, -0.2) is 40.7 Å². The highest BCUT2D eigenvalue weighted by Gasteiger charge is 2.23. The molecular formula is C25H29N3O4S. The van der Waals surface area contributed by atoms with Crippen molar-refractivity contribution < 1.29 is 17.9 Å². The predicted octanol–water partition coefficient (Wildman–Crippen LogP) is 4.47. The number of para-hydroxylation sites is 1. The van der Waals surface area contributed by atoms with E-state index in [9.17, 15) is 8.42 Å². The third kappa shape index (κ3) is 5.58. The lowest BCUT2D eigenvalue weighted by Gasteiger charge is -2.38. The number of nitrogens with one attached hydrogen (secondary N) is 2. The number of nitrogens with zero attached hydrogens (tertiary/aromatic N) is 1. The summed E-state index contributed by atoms with van der Waals surface area (Å²) in [7, 11) is -2.30. The predicted molar refractivity (Wildman–Crippen MR) is 131 cm³/mol. The number of piperazine rings is 1. The minimum Gasteiger partial charge on any atom is -0.495 e. The molecule has 174 valence electrons. The zero-order chi connectivity index (χ0) is 23.4. The molecule has 1 aliphatic heterocycles. The van der Waals surface area contributed by atoms with Gasteiger partial charge < -0.3 is 19.7 Å². The summed E-state index contributed by atoms with van der Waals surface area (Å²) in [6.07, 6.45) is 0. The minimum atomic E-state index is -3.82. The first kappa shape index (κ1) is 22.9. The van der Waals surface area contributed by atoms with E-state index in [1.807, 2.05) is 42.5 Å². The second-order valence-electron chi connectivity index (χ2n) is 8.25. The van der Waals surface area contributed by atoms with E-state index in [1.165, 1.54) is 19.2 Å². The van der Waals surface area contributed by atoms with Crippen LogP contribution in [0.5, 0.6) is 17.2 Å². The van der Waals surface area contributed by atoms with E-state index in [4.69, 9.17) is 9.47 Å². The zero-order valence-electron chi connectivity index (χ0n) is 19.0. The fourth-order valence-corrected chi connectivity index (χ4v) is 5.09. The summed E-state index contributed by atoms with van der Waals surface area (Å²) in [6.45, 7) is 5.96. The summed E-state index contributed by atoms with van der Waals surface area (Å²) < 4.78 is 40.1. The van der Waals surface area contributed by atoms with Gasteiger partial charge in [-0.25, -0.2) is 8.42 Å². The highest BCUT2D eigenvalue weighted by Crippen LogP contribution is 2.32. The van der Waals surface area contributed by atoms with Gasteiger partial charge in [0.05, 0.1) is 17.7 Å². The Morgan fingerprint density at radius 1 is 0.909 bits per heavy atom. The van der Waals surface area contributed by atoms with E-state index < -0.39 is 10.0 Å². The molecule has 0 bridgehead atoms. The standard InChI is InChI=1S/C25H29N3O4S/c1-18-16-28(17-19(2)26-18)20-9-14-25(31-3)24(15-20)27-33(29,30)23-12-10-22(11-13-23)32-21-7-5-4-6-8-21/h4-15,18-19,26-27H,16-17H2,1-3H3. The van der Waals surface area contributed by atoms with E-state index in [2.05, 4.69) is 28.8 Å². The van der Waals surface area contributed by atoms with Gasteiger partial charge in [-0.1, -0.05) is 18.2 Å². The van der Waals surface area contributed by atoms with Crippen molar-refractivity contribution in [2.75, 3.05) is 29.8 Å². The van der Waals surface area contributed by atoms with Gasteiger partial charge in [-0.05, 0) is 68.4 Å². The summed E-state index contributed by atoms with van der Waals surface area (Å²) in [5.41, 5.74) is 1.35. The number of rotatable bonds is 7. The molecule has 0 saturated carbocycles. The summed E-state index contributed by atoms with van der Waals surface area (Å²) in [6, 6.07) is 21.9. The Morgan fingerprint density at radius 3 is 2.18 bits per heavy atom. The Morgan fingerprint density at radius 2 is 1.55 bits per heavy atom. The second kappa shape index (κ2) is 9.72. The third-order valence-corrected chi connectivity index (χ3v) is 6.84. The monoisotopic (exact) mass is 467 g/mol. The van der Waals surface area contributed by atoms with Gasteiger partial charge in [0.1, 0.15) is 17.2 Å². The summed E-state index contributed by atoms with van der Waals surface area (Å²) in [5, 5.41) is 3.51. The summed E-state index contributed by atoms with van der Waals surface area (Å²) in [4.78, 5) is 2.39. The minimum absolute atomic E-state index is 0.139. The number of sulfonamides is 1. The van der Waals surface area contributed by atoms with Crippen LogP contribution in [0.3, 0.4) is 0 Å². The van der Waals surface area contributed by atoms with Crippen molar-refractivity contribution in [3.63, 3.8) is 0 Å². The molecule has 4 rings (SSSR count). The highest BCUT2D eigenvalue weighted by atomic mass is 32.2. The first-order valence-corrected chi connectivity index (χ1v) is 12.4. The molecule has 2 unspecified atom stereocenters. The van der Waals surface area contributed by atoms with Crippen LogP contribution in [0.25, 0.3) is 0 Å². The molecule has 1 aliphatic rings. The molecule has 33 heavy (non-hydrogen) atoms. The average molecular weight is 468 g/mol. The van der Waals surface area contributed by atoms with E-state index in [1.54, 1.807) is 18.2 Å². The van der Waals surface area contributed by atoms with Crippen molar-refractivity contribution in [3.05, 3.63) is 72.8 Å². The van der Waals surface area contributed by atoms with Gasteiger partial charge in [-0.2, -0.15) is 0 Å². The molecule has 3 aromatic rings. The van der Waals surface area contributed by atoms with Crippen LogP contribution in [0.1, 0.15) is 13.8 Å². The smallest absolute Gasteiger partial charge is 0.262 e. The lowest BCUT2D eigenvalue weighted by atomic mass is 10.1. The van der Waals surface area contributed by atoms with E-state index in [0.29, 0.717) is 35.0 Å². The molecule has 1 saturated heterocycles. The number of hydrogen-bond donors (Lipinski definition) is 2. The van der Waals surface area contributed by atoms with E-state index in [-0.39, 0.29) is 4.90 Å². The molecule has 8 heteroatoms. The van der Waals surface area contributed by atoms with Gasteiger partial charge in [-0.3, -0.25) is 4.72 Å². The van der Waals surface area contributed by atoms with Crippen LogP contribution in [0, 0.1) is 0 Å². The van der Waals surface area contributed by atoms with Gasteiger partial charge in [0, 0.05) is 30.9 Å². The van der Waals surface area contributed by atoms with E-state index >= 15 is 0 Å². The van der Waals surface area contributed by atoms with Crippen LogP contribution in [0.4, 0.5) is 11.4 Å². The maximum absolute atomic E-state index is 13.1. The molecule has 0 radical (unpaired) electrons. The Labute approximate surface area is 195 Å². The number of ether oxygens (including phenoxy) is 2. The van der Waals surface area contributed by atoms with Crippen molar-refractivity contribution in [1.82, 2.24) is 5.32 Å². The maximum Gasteiger partial charge on any atom is 0.262 e. The zero-order valence-corrected chi connectivity index (χ0v) is 19.8. The number of anilines is 2. The fraction of sp³-hybridized carbons (Fsp3) is 0.280. The summed E-state index contributed by atoms with van der Waals surface area (Å²) in [5.74, 6) is 1.70. The highest BCUT2D eigenvalue weighted by molar-refractivity contribution is 7.92. The second-order valence-corrected chi connectivity index (χ2v) is 9.93. The van der Waals surface area contributed by atoms with Gasteiger partial charge in [0.15, 0.2) is 0 Å². The first-order chi connectivity index (χ1) is 15.8. The van der Waals surface area contributed by atoms with Crippen molar-refractivity contribution in [1.29, 1.82) is 0 Å². The number of benzene rings is 3. The molecule has 1 fully saturated rings. The van der Waals surface area contributed by atoms with Gasteiger partial charge in [0.2, 0.25) is 0 Å². The molecule has 3 aromatic carbocycles. The average Bonchev–Trinajstić information content (AvgIpc) is 2.79. The number of methoxy groups -OCH3 is 1. The molecule has 0 aliphatic carbocycles. The van der Waals surface area contributed by atoms with Gasteiger partial charge >= 0.3 is 0 Å². The normalized spacial score (nSPS) is 18.6. The molecule has 1 heterocycles. The van der Waals surface area contributed by atoms with Crippen LogP contribution >= 0.6 is 0 Å². The van der Waals surface area contributed by atoms with Crippen LogP contribution in [0.2, 0.25) is 0 Å². The van der Waals surface area contributed by atoms with E-state index in [0.717, 1.165) is 18.8 Å². The third-order valence-electron chi connectivity index (χ3n) is 5.46. The Bertz CT molecular complexity index is 1170. The van der Waals surface area contributed by atoms with Crippen molar-refractivity contribution in [3.8, 4) is 17.2 Å². The molecule has 0 spiro atoms. The molecule has 0 amide bonds. The fourth-order valence-electron chi connectivity index (χ4n) is 4.03. The quantitative estimate of drug-likeness (QED) is 0.534. The van der Waals surface area contributed by atoms with Crippen LogP contribution < -0.4 is 24.4 Å². The molecule has 0 aromatic heterocycles. The first-order valence-electron chi connectivity index (χ1n) is 10.9. The van der Waals surface area contributed by atoms with Crippen LogP contribution in [0.15, 0.2) is 77.7 Å². The lowest BCUT2D eigenvalue weighted by molar-refractivity contribution is 0.406. The Balaban J connectivity index is 1.54. The molecule has 2 N–H and O–H groups in total. The van der Waals surface area contributed by atoms with Crippen molar-refractivity contribution in [2.24, 2.45) is 0 Å². The lowest BCUT2D eigenvalue weighted by Crippen LogP contribution is -2.54. The van der Waals surface area contributed by atoms with Crippen LogP contribution in [-0.2, 0) is 10.0 Å². The SMILES string of the molecule is COc1ccc(N2CC(C)NC(C)C2)cc1NS(=O)(=O)c1ccc(Oc2ccccc2)cc1. The Kier molecular flexibility index (Phi) is 6.76. The number of hydrogen-bond acceptors (Lipinski definition) is 6. The topological polar surface area (TPSA) is 79.9 Å². The molecule has 7 nitrogen and oxygen atoms in total. The van der Waals surface area contributed by atoms with Crippen molar-refractivity contribution >= 4 is 21.4 Å². The molecular weight excluding hydrogens is 438 g/mol. The summed E-state index contributed by atoms with van der Waals surface area (Å²) >= 11 is 0.